The molecule has 1 aliphatic heterocycles. The summed E-state index contributed by atoms with van der Waals surface area (Å²) in [7, 11) is 0. The highest BCUT2D eigenvalue weighted by Gasteiger charge is 2.45. The van der Waals surface area contributed by atoms with Crippen LogP contribution >= 0.6 is 11.8 Å². The number of hydrogen-bond acceptors (Lipinski definition) is 5. The van der Waals surface area contributed by atoms with Gasteiger partial charge in [-0.3, -0.25) is 19.3 Å². The number of likely N-dealkylation sites (tertiary alicyclic amines) is 1. The largest absolute Gasteiger partial charge is 0.328 e. The summed E-state index contributed by atoms with van der Waals surface area (Å²) >= 11 is 1.59. The molecule has 1 saturated carbocycles. The standard InChI is InChI=1S/C14H22N2O3S/c1-8(2)13(18)10(7-15)16-12(17)6-11(14(16)19)20-9-4-3-5-9/h8-11H,3-7,15H2,1-2H3. The lowest BCUT2D eigenvalue weighted by molar-refractivity contribution is -0.146. The topological polar surface area (TPSA) is 80.5 Å². The number of carbonyl (C=O) groups is 3. The van der Waals surface area contributed by atoms with E-state index in [0.717, 1.165) is 17.7 Å². The Balaban J connectivity index is 2.08. The average Bonchev–Trinajstić information content (AvgIpc) is 2.62. The van der Waals surface area contributed by atoms with Crippen LogP contribution in [0.4, 0.5) is 0 Å². The monoisotopic (exact) mass is 298 g/mol. The van der Waals surface area contributed by atoms with Crippen molar-refractivity contribution >= 4 is 29.4 Å². The molecule has 5 nitrogen and oxygen atoms in total. The van der Waals surface area contributed by atoms with E-state index in [1.165, 1.54) is 6.42 Å². The SMILES string of the molecule is CC(C)C(=O)C(CN)N1C(=O)CC(SC2CCC2)C1=O. The molecule has 2 N–H and O–H groups in total. The van der Waals surface area contributed by atoms with E-state index < -0.39 is 6.04 Å². The number of ketones is 1. The lowest BCUT2D eigenvalue weighted by Gasteiger charge is -2.28. The molecular weight excluding hydrogens is 276 g/mol. The molecule has 0 aromatic carbocycles. The van der Waals surface area contributed by atoms with Gasteiger partial charge in [0, 0.05) is 24.1 Å². The Bertz CT molecular complexity index is 421. The molecule has 0 aromatic heterocycles. The number of thioether (sulfide) groups is 1. The van der Waals surface area contributed by atoms with Crippen LogP contribution < -0.4 is 5.73 Å². The molecule has 2 rings (SSSR count). The fourth-order valence-corrected chi connectivity index (χ4v) is 4.07. The Hall–Kier alpha value is -0.880. The molecule has 2 unspecified atom stereocenters. The van der Waals surface area contributed by atoms with Gasteiger partial charge in [0.05, 0.1) is 5.25 Å². The predicted octanol–water partition coefficient (Wildman–Crippen LogP) is 0.952. The minimum Gasteiger partial charge on any atom is -0.328 e. The van der Waals surface area contributed by atoms with Crippen LogP contribution in [-0.2, 0) is 14.4 Å². The highest BCUT2D eigenvalue weighted by Crippen LogP contribution is 2.38. The van der Waals surface area contributed by atoms with Crippen molar-refractivity contribution in [2.24, 2.45) is 11.7 Å². The molecule has 1 aliphatic carbocycles. The van der Waals surface area contributed by atoms with Gasteiger partial charge in [0.25, 0.3) is 0 Å². The second-order valence-electron chi connectivity index (χ2n) is 5.79. The third-order valence-electron chi connectivity index (χ3n) is 3.98. The molecule has 0 aromatic rings. The molecule has 2 atom stereocenters. The Kier molecular flexibility index (Phi) is 4.86. The van der Waals surface area contributed by atoms with E-state index in [2.05, 4.69) is 0 Å². The third kappa shape index (κ3) is 2.91. The van der Waals surface area contributed by atoms with E-state index in [0.29, 0.717) is 5.25 Å². The summed E-state index contributed by atoms with van der Waals surface area (Å²) in [5, 5.41) is 0.177. The lowest BCUT2D eigenvalue weighted by atomic mass is 10.00. The third-order valence-corrected chi connectivity index (χ3v) is 5.54. The van der Waals surface area contributed by atoms with Crippen molar-refractivity contribution in [1.82, 2.24) is 4.90 Å². The quantitative estimate of drug-likeness (QED) is 0.739. The van der Waals surface area contributed by atoms with Gasteiger partial charge in [-0.1, -0.05) is 20.3 Å². The average molecular weight is 298 g/mol. The first-order chi connectivity index (χ1) is 9.45. The molecule has 2 aliphatic rings. The summed E-state index contributed by atoms with van der Waals surface area (Å²) in [4.78, 5) is 37.7. The van der Waals surface area contributed by atoms with Gasteiger partial charge < -0.3 is 5.73 Å². The maximum absolute atomic E-state index is 12.4. The van der Waals surface area contributed by atoms with Crippen molar-refractivity contribution in [3.63, 3.8) is 0 Å². The van der Waals surface area contributed by atoms with Gasteiger partial charge in [-0.2, -0.15) is 0 Å². The summed E-state index contributed by atoms with van der Waals surface area (Å²) in [6.07, 6.45) is 3.65. The molecule has 0 radical (unpaired) electrons. The first kappa shape index (κ1) is 15.5. The van der Waals surface area contributed by atoms with Gasteiger partial charge in [0.15, 0.2) is 5.78 Å². The Morgan fingerprint density at radius 1 is 1.40 bits per heavy atom. The molecule has 0 bridgehead atoms. The molecular formula is C14H22N2O3S. The summed E-state index contributed by atoms with van der Waals surface area (Å²) in [5.41, 5.74) is 5.63. The Labute approximate surface area is 123 Å². The number of carbonyl (C=O) groups excluding carboxylic acids is 3. The number of nitrogens with two attached hydrogens (primary N) is 1. The van der Waals surface area contributed by atoms with Crippen LogP contribution in [0.5, 0.6) is 0 Å². The van der Waals surface area contributed by atoms with Crippen LogP contribution in [0, 0.1) is 5.92 Å². The first-order valence-corrected chi connectivity index (χ1v) is 8.15. The molecule has 1 heterocycles. The zero-order valence-electron chi connectivity index (χ0n) is 12.0. The highest BCUT2D eigenvalue weighted by molar-refractivity contribution is 8.01. The fourth-order valence-electron chi connectivity index (χ4n) is 2.53. The molecule has 2 fully saturated rings. The minimum absolute atomic E-state index is 0.00923. The van der Waals surface area contributed by atoms with Crippen LogP contribution in [0.3, 0.4) is 0 Å². The number of rotatable bonds is 6. The van der Waals surface area contributed by atoms with Gasteiger partial charge >= 0.3 is 0 Å². The Morgan fingerprint density at radius 3 is 2.50 bits per heavy atom. The van der Waals surface area contributed by atoms with E-state index in [9.17, 15) is 14.4 Å². The minimum atomic E-state index is -0.790. The van der Waals surface area contributed by atoms with Crippen molar-refractivity contribution in [2.75, 3.05) is 6.54 Å². The number of imide groups is 1. The molecule has 6 heteroatoms. The van der Waals surface area contributed by atoms with Crippen molar-refractivity contribution in [2.45, 2.75) is 56.1 Å². The summed E-state index contributed by atoms with van der Waals surface area (Å²) in [6.45, 7) is 3.53. The molecule has 0 spiro atoms. The maximum Gasteiger partial charge on any atom is 0.243 e. The zero-order chi connectivity index (χ0) is 14.9. The van der Waals surface area contributed by atoms with Crippen molar-refractivity contribution < 1.29 is 14.4 Å². The van der Waals surface area contributed by atoms with Crippen LogP contribution in [0.2, 0.25) is 0 Å². The summed E-state index contributed by atoms with van der Waals surface area (Å²) in [5.74, 6) is -0.849. The van der Waals surface area contributed by atoms with Crippen molar-refractivity contribution in [3.8, 4) is 0 Å². The predicted molar refractivity (Wildman–Crippen MR) is 78.2 cm³/mol. The summed E-state index contributed by atoms with van der Waals surface area (Å²) < 4.78 is 0. The van der Waals surface area contributed by atoms with Gasteiger partial charge in [0.2, 0.25) is 11.8 Å². The van der Waals surface area contributed by atoms with E-state index >= 15 is 0 Å². The smallest absolute Gasteiger partial charge is 0.243 e. The normalized spacial score (nSPS) is 25.2. The van der Waals surface area contributed by atoms with Crippen molar-refractivity contribution in [1.29, 1.82) is 0 Å². The zero-order valence-corrected chi connectivity index (χ0v) is 12.8. The number of nitrogens with zero attached hydrogens (tertiary/aromatic N) is 1. The second kappa shape index (κ2) is 6.26. The lowest BCUT2D eigenvalue weighted by Crippen LogP contribution is -2.51. The maximum atomic E-state index is 12.4. The second-order valence-corrected chi connectivity index (χ2v) is 7.30. The fraction of sp³-hybridized carbons (Fsp3) is 0.786. The number of amides is 2. The van der Waals surface area contributed by atoms with Crippen molar-refractivity contribution in [3.05, 3.63) is 0 Å². The molecule has 2 amide bonds. The molecule has 1 saturated heterocycles. The van der Waals surface area contributed by atoms with Crippen LogP contribution in [0.1, 0.15) is 39.5 Å². The van der Waals surface area contributed by atoms with Crippen LogP contribution in [0.25, 0.3) is 0 Å². The van der Waals surface area contributed by atoms with Crippen LogP contribution in [-0.4, -0.2) is 45.6 Å². The van der Waals surface area contributed by atoms with Gasteiger partial charge in [0.1, 0.15) is 6.04 Å². The number of Topliss-reactive ketones (excluding diaryl/α,β-unsaturated/α-hetero) is 1. The van der Waals surface area contributed by atoms with Gasteiger partial charge in [-0.25, -0.2) is 0 Å². The van der Waals surface area contributed by atoms with E-state index in [1.807, 2.05) is 0 Å². The molecule has 20 heavy (non-hydrogen) atoms. The van der Waals surface area contributed by atoms with Crippen LogP contribution in [0.15, 0.2) is 0 Å². The van der Waals surface area contributed by atoms with Gasteiger partial charge in [-0.05, 0) is 12.8 Å². The highest BCUT2D eigenvalue weighted by atomic mass is 32.2. The van der Waals surface area contributed by atoms with E-state index in [1.54, 1.807) is 25.6 Å². The Morgan fingerprint density at radius 2 is 2.05 bits per heavy atom. The van der Waals surface area contributed by atoms with Gasteiger partial charge in [-0.15, -0.1) is 11.8 Å². The van der Waals surface area contributed by atoms with E-state index in [4.69, 9.17) is 5.73 Å². The number of hydrogen-bond donors (Lipinski definition) is 1. The summed E-state index contributed by atoms with van der Waals surface area (Å²) in [6, 6.07) is -0.790. The molecule has 112 valence electrons. The first-order valence-electron chi connectivity index (χ1n) is 7.20. The van der Waals surface area contributed by atoms with E-state index in [-0.39, 0.29) is 41.7 Å².